The average Bonchev–Trinajstić information content (AvgIpc) is 2.69. The molecule has 0 unspecified atom stereocenters. The minimum Gasteiger partial charge on any atom is -0.337 e. The Labute approximate surface area is 173 Å². The van der Waals surface area contributed by atoms with E-state index in [1.165, 1.54) is 12.1 Å². The molecule has 0 aliphatic rings. The number of nitrogens with zero attached hydrogens (tertiary/aromatic N) is 1. The Morgan fingerprint density at radius 1 is 0.964 bits per heavy atom. The fraction of sp³-hybridized carbons (Fsp3) is 0.0952. The van der Waals surface area contributed by atoms with Crippen molar-refractivity contribution in [3.05, 3.63) is 94.5 Å². The second-order valence-electron chi connectivity index (χ2n) is 6.25. The molecule has 3 aromatic carbocycles. The van der Waals surface area contributed by atoms with E-state index in [0.717, 1.165) is 10.0 Å². The molecule has 0 aliphatic carbocycles. The zero-order valence-corrected chi connectivity index (χ0v) is 17.6. The van der Waals surface area contributed by atoms with Crippen LogP contribution in [0.4, 0.5) is 5.69 Å². The number of carbonyl (C=O) groups is 1. The summed E-state index contributed by atoms with van der Waals surface area (Å²) >= 11 is 3.48. The van der Waals surface area contributed by atoms with Gasteiger partial charge in [0.05, 0.1) is 4.90 Å². The Bertz CT molecular complexity index is 1090. The lowest BCUT2D eigenvalue weighted by atomic mass is 10.1. The number of benzene rings is 3. The van der Waals surface area contributed by atoms with Crippen LogP contribution < -0.4 is 4.72 Å². The van der Waals surface area contributed by atoms with E-state index in [0.29, 0.717) is 17.8 Å². The van der Waals surface area contributed by atoms with Crippen LogP contribution in [0.15, 0.2) is 88.2 Å². The summed E-state index contributed by atoms with van der Waals surface area (Å²) in [4.78, 5) is 14.5. The van der Waals surface area contributed by atoms with Crippen molar-refractivity contribution in [1.29, 1.82) is 0 Å². The molecule has 0 radical (unpaired) electrons. The van der Waals surface area contributed by atoms with Gasteiger partial charge in [-0.3, -0.25) is 9.52 Å². The molecule has 0 atom stereocenters. The van der Waals surface area contributed by atoms with E-state index in [2.05, 4.69) is 20.7 Å². The number of rotatable bonds is 6. The lowest BCUT2D eigenvalue weighted by Gasteiger charge is -2.18. The third-order valence-corrected chi connectivity index (χ3v) is 6.30. The number of anilines is 1. The van der Waals surface area contributed by atoms with Gasteiger partial charge >= 0.3 is 0 Å². The Balaban J connectivity index is 1.77. The Kier molecular flexibility index (Phi) is 6.16. The van der Waals surface area contributed by atoms with E-state index >= 15 is 0 Å². The van der Waals surface area contributed by atoms with Gasteiger partial charge in [-0.1, -0.05) is 58.4 Å². The summed E-state index contributed by atoms with van der Waals surface area (Å²) in [6, 6.07) is 22.3. The number of halogens is 1. The van der Waals surface area contributed by atoms with E-state index < -0.39 is 10.0 Å². The van der Waals surface area contributed by atoms with Gasteiger partial charge in [-0.25, -0.2) is 8.42 Å². The minimum atomic E-state index is -3.71. The van der Waals surface area contributed by atoms with Gasteiger partial charge < -0.3 is 4.90 Å². The molecule has 1 amide bonds. The number of nitrogens with one attached hydrogen (secondary N) is 1. The smallest absolute Gasteiger partial charge is 0.261 e. The summed E-state index contributed by atoms with van der Waals surface area (Å²) in [7, 11) is -2.00. The fourth-order valence-corrected chi connectivity index (χ4v) is 4.18. The maximum Gasteiger partial charge on any atom is 0.261 e. The van der Waals surface area contributed by atoms with Gasteiger partial charge in [0, 0.05) is 29.3 Å². The summed E-state index contributed by atoms with van der Waals surface area (Å²) in [5.74, 6) is -0.198. The lowest BCUT2D eigenvalue weighted by molar-refractivity contribution is 0.0785. The minimum absolute atomic E-state index is 0.165. The van der Waals surface area contributed by atoms with Crippen molar-refractivity contribution in [2.45, 2.75) is 11.4 Å². The lowest BCUT2D eigenvalue weighted by Crippen LogP contribution is -2.26. The molecule has 5 nitrogen and oxygen atoms in total. The maximum absolute atomic E-state index is 12.8. The molecule has 0 fully saturated rings. The second kappa shape index (κ2) is 8.58. The van der Waals surface area contributed by atoms with Crippen molar-refractivity contribution >= 4 is 37.5 Å². The number of carbonyl (C=O) groups excluding carboxylic acids is 1. The molecule has 0 spiro atoms. The number of sulfonamides is 1. The van der Waals surface area contributed by atoms with Gasteiger partial charge in [-0.2, -0.15) is 0 Å². The van der Waals surface area contributed by atoms with E-state index in [9.17, 15) is 13.2 Å². The van der Waals surface area contributed by atoms with Gasteiger partial charge in [0.15, 0.2) is 0 Å². The zero-order chi connectivity index (χ0) is 20.1. The summed E-state index contributed by atoms with van der Waals surface area (Å²) in [5, 5.41) is 0. The van der Waals surface area contributed by atoms with Crippen LogP contribution in [0.25, 0.3) is 0 Å². The summed E-state index contributed by atoms with van der Waals surface area (Å²) in [6.07, 6.45) is 0. The number of hydrogen-bond acceptors (Lipinski definition) is 3. The van der Waals surface area contributed by atoms with Crippen molar-refractivity contribution in [1.82, 2.24) is 4.90 Å². The van der Waals surface area contributed by atoms with Crippen LogP contribution in [-0.2, 0) is 16.6 Å². The first-order chi connectivity index (χ1) is 13.4. The SMILES string of the molecule is CN(Cc1ccccc1Br)C(=O)c1cccc(NS(=O)(=O)c2ccccc2)c1. The molecule has 0 saturated heterocycles. The quantitative estimate of drug-likeness (QED) is 0.590. The van der Waals surface area contributed by atoms with Crippen LogP contribution in [-0.4, -0.2) is 26.3 Å². The summed E-state index contributed by atoms with van der Waals surface area (Å²) in [6.45, 7) is 0.431. The van der Waals surface area contributed by atoms with Crippen molar-refractivity contribution in [2.24, 2.45) is 0 Å². The van der Waals surface area contributed by atoms with Gasteiger partial charge in [-0.15, -0.1) is 0 Å². The highest BCUT2D eigenvalue weighted by Crippen LogP contribution is 2.20. The van der Waals surface area contributed by atoms with Crippen molar-refractivity contribution < 1.29 is 13.2 Å². The van der Waals surface area contributed by atoms with Crippen molar-refractivity contribution in [3.8, 4) is 0 Å². The van der Waals surface area contributed by atoms with Crippen molar-refractivity contribution in [3.63, 3.8) is 0 Å². The largest absolute Gasteiger partial charge is 0.337 e. The molecule has 3 aromatic rings. The van der Waals surface area contributed by atoms with E-state index in [4.69, 9.17) is 0 Å². The Morgan fingerprint density at radius 2 is 1.64 bits per heavy atom. The average molecular weight is 459 g/mol. The second-order valence-corrected chi connectivity index (χ2v) is 8.79. The zero-order valence-electron chi connectivity index (χ0n) is 15.2. The third-order valence-electron chi connectivity index (χ3n) is 4.13. The molecule has 0 bridgehead atoms. The summed E-state index contributed by atoms with van der Waals surface area (Å²) < 4.78 is 28.4. The molecule has 144 valence electrons. The normalized spacial score (nSPS) is 11.1. The number of hydrogen-bond donors (Lipinski definition) is 1. The molecule has 0 saturated carbocycles. The van der Waals surface area contributed by atoms with Crippen LogP contribution >= 0.6 is 15.9 Å². The molecule has 0 heterocycles. The van der Waals surface area contributed by atoms with E-state index in [1.54, 1.807) is 54.4 Å². The molecule has 0 aliphatic heterocycles. The molecular weight excluding hydrogens is 440 g/mol. The van der Waals surface area contributed by atoms with Gasteiger partial charge in [0.25, 0.3) is 15.9 Å². The third kappa shape index (κ3) is 4.79. The van der Waals surface area contributed by atoms with Crippen LogP contribution in [0.3, 0.4) is 0 Å². The monoisotopic (exact) mass is 458 g/mol. The Hall–Kier alpha value is -2.64. The highest BCUT2D eigenvalue weighted by atomic mass is 79.9. The van der Waals surface area contributed by atoms with Crippen molar-refractivity contribution in [2.75, 3.05) is 11.8 Å². The van der Waals surface area contributed by atoms with Crippen LogP contribution in [0.2, 0.25) is 0 Å². The molecule has 1 N–H and O–H groups in total. The topological polar surface area (TPSA) is 66.5 Å². The van der Waals surface area contributed by atoms with Crippen LogP contribution in [0.1, 0.15) is 15.9 Å². The first kappa shape index (κ1) is 20.1. The fourth-order valence-electron chi connectivity index (χ4n) is 2.70. The molecular formula is C21H19BrN2O3S. The van der Waals surface area contributed by atoms with E-state index in [1.807, 2.05) is 24.3 Å². The van der Waals surface area contributed by atoms with Gasteiger partial charge in [0.1, 0.15) is 0 Å². The van der Waals surface area contributed by atoms with Gasteiger partial charge in [0.2, 0.25) is 0 Å². The predicted molar refractivity (Wildman–Crippen MR) is 114 cm³/mol. The van der Waals surface area contributed by atoms with Crippen LogP contribution in [0.5, 0.6) is 0 Å². The highest BCUT2D eigenvalue weighted by Gasteiger charge is 2.17. The Morgan fingerprint density at radius 3 is 2.36 bits per heavy atom. The van der Waals surface area contributed by atoms with E-state index in [-0.39, 0.29) is 10.8 Å². The molecule has 7 heteroatoms. The van der Waals surface area contributed by atoms with Crippen LogP contribution in [0, 0.1) is 0 Å². The maximum atomic E-state index is 12.8. The first-order valence-corrected chi connectivity index (χ1v) is 10.8. The first-order valence-electron chi connectivity index (χ1n) is 8.53. The molecule has 3 rings (SSSR count). The predicted octanol–water partition coefficient (Wildman–Crippen LogP) is 4.52. The summed E-state index contributed by atoms with van der Waals surface area (Å²) in [5.41, 5.74) is 1.73. The standard InChI is InChI=1S/C21H19BrN2O3S/c1-24(15-17-8-5-6-13-20(17)22)21(25)16-9-7-10-18(14-16)23-28(26,27)19-11-3-2-4-12-19/h2-14,23H,15H2,1H3. The number of amides is 1. The molecule has 28 heavy (non-hydrogen) atoms. The highest BCUT2D eigenvalue weighted by molar-refractivity contribution is 9.10. The van der Waals surface area contributed by atoms with Gasteiger partial charge in [-0.05, 0) is 42.0 Å². The molecule has 0 aromatic heterocycles.